The summed E-state index contributed by atoms with van der Waals surface area (Å²) in [7, 11) is 1.62. The van der Waals surface area contributed by atoms with Gasteiger partial charge in [-0.25, -0.2) is 0 Å². The summed E-state index contributed by atoms with van der Waals surface area (Å²) in [6, 6.07) is 7.52. The van der Waals surface area contributed by atoms with E-state index >= 15 is 0 Å². The van der Waals surface area contributed by atoms with Crippen molar-refractivity contribution < 1.29 is 14.3 Å². The Morgan fingerprint density at radius 1 is 1.12 bits per heavy atom. The van der Waals surface area contributed by atoms with Crippen LogP contribution in [0.3, 0.4) is 0 Å². The molecule has 4 nitrogen and oxygen atoms in total. The predicted molar refractivity (Wildman–Crippen MR) is 100 cm³/mol. The van der Waals surface area contributed by atoms with Crippen molar-refractivity contribution in [1.82, 2.24) is 5.32 Å². The van der Waals surface area contributed by atoms with Crippen LogP contribution in [-0.2, 0) is 16.1 Å². The maximum absolute atomic E-state index is 11.8. The topological polar surface area (TPSA) is 55.4 Å². The van der Waals surface area contributed by atoms with Gasteiger partial charge in [-0.05, 0) is 43.0 Å². The zero-order valence-electron chi connectivity index (χ0n) is 14.2. The zero-order valence-corrected chi connectivity index (χ0v) is 15.8. The van der Waals surface area contributed by atoms with Crippen LogP contribution in [-0.4, -0.2) is 24.1 Å². The van der Waals surface area contributed by atoms with Gasteiger partial charge in [-0.15, -0.1) is 0 Å². The van der Waals surface area contributed by atoms with Crippen LogP contribution in [0.25, 0.3) is 0 Å². The van der Waals surface area contributed by atoms with E-state index in [-0.39, 0.29) is 24.5 Å². The van der Waals surface area contributed by atoms with Crippen LogP contribution < -0.4 is 10.1 Å². The molecule has 0 bridgehead atoms. The van der Waals surface area contributed by atoms with E-state index in [1.165, 1.54) is 0 Å². The highest BCUT2D eigenvalue weighted by molar-refractivity contribution is 9.09. The Balaban J connectivity index is 2.15. The molecule has 1 rings (SSSR count). The van der Waals surface area contributed by atoms with E-state index in [9.17, 15) is 9.59 Å². The number of nitrogens with one attached hydrogen (secondary N) is 1. The van der Waals surface area contributed by atoms with Crippen molar-refractivity contribution in [3.05, 3.63) is 42.0 Å². The maximum Gasteiger partial charge on any atom is 0.220 e. The lowest BCUT2D eigenvalue weighted by atomic mass is 10.1. The molecule has 0 aliphatic rings. The third kappa shape index (κ3) is 9.50. The zero-order chi connectivity index (χ0) is 17.6. The molecule has 1 N–H and O–H groups in total. The van der Waals surface area contributed by atoms with Crippen molar-refractivity contribution in [3.8, 4) is 5.75 Å². The fourth-order valence-electron chi connectivity index (χ4n) is 2.10. The van der Waals surface area contributed by atoms with Crippen LogP contribution in [0.2, 0.25) is 0 Å². The number of rotatable bonds is 12. The number of alkyl halides is 1. The van der Waals surface area contributed by atoms with Gasteiger partial charge in [-0.2, -0.15) is 0 Å². The first-order chi connectivity index (χ1) is 11.7. The minimum atomic E-state index is -0.107. The van der Waals surface area contributed by atoms with Crippen molar-refractivity contribution in [2.75, 3.05) is 12.4 Å². The van der Waals surface area contributed by atoms with Gasteiger partial charge in [0.1, 0.15) is 5.75 Å². The van der Waals surface area contributed by atoms with Crippen LogP contribution in [0.4, 0.5) is 0 Å². The number of methoxy groups -OCH3 is 1. The molecule has 0 saturated heterocycles. The molecule has 0 atom stereocenters. The van der Waals surface area contributed by atoms with E-state index in [0.29, 0.717) is 6.54 Å². The van der Waals surface area contributed by atoms with Crippen molar-refractivity contribution in [1.29, 1.82) is 0 Å². The van der Waals surface area contributed by atoms with Gasteiger partial charge in [0.05, 0.1) is 7.11 Å². The number of amides is 1. The van der Waals surface area contributed by atoms with Gasteiger partial charge >= 0.3 is 0 Å². The second-order valence-electron chi connectivity index (χ2n) is 5.53. The summed E-state index contributed by atoms with van der Waals surface area (Å²) >= 11 is 3.39. The molecule has 132 valence electrons. The van der Waals surface area contributed by atoms with Gasteiger partial charge in [0.15, 0.2) is 5.78 Å². The number of carbonyl (C=O) groups excluding carboxylic acids is 2. The van der Waals surface area contributed by atoms with Crippen molar-refractivity contribution in [3.63, 3.8) is 0 Å². The molecule has 0 aliphatic heterocycles. The first-order valence-corrected chi connectivity index (χ1v) is 9.43. The van der Waals surface area contributed by atoms with Gasteiger partial charge < -0.3 is 10.1 Å². The molecule has 0 saturated carbocycles. The quantitative estimate of drug-likeness (QED) is 0.328. The molecule has 24 heavy (non-hydrogen) atoms. The number of hydrogen-bond donors (Lipinski definition) is 1. The molecule has 0 aromatic heterocycles. The number of halogens is 1. The molecule has 1 aromatic rings. The van der Waals surface area contributed by atoms with E-state index in [1.54, 1.807) is 13.2 Å². The standard InChI is InChI=1S/C19H26BrNO3/c1-24-18-11-8-16(9-12-18)15-21-19(23)13-10-17(22)7-5-3-2-4-6-14-20/h5,7-9,11-12H,2-4,6,10,13-15H2,1H3,(H,21,23)/b7-5+. The van der Waals surface area contributed by atoms with Crippen molar-refractivity contribution in [2.24, 2.45) is 0 Å². The normalized spacial score (nSPS) is 10.8. The number of carbonyl (C=O) groups is 2. The summed E-state index contributed by atoms with van der Waals surface area (Å²) in [5.74, 6) is 0.689. The maximum atomic E-state index is 11.8. The summed E-state index contributed by atoms with van der Waals surface area (Å²) in [6.07, 6.45) is 8.33. The largest absolute Gasteiger partial charge is 0.497 e. The monoisotopic (exact) mass is 395 g/mol. The Hall–Kier alpha value is -1.62. The van der Waals surface area contributed by atoms with Crippen LogP contribution >= 0.6 is 15.9 Å². The predicted octanol–water partition coefficient (Wildman–Crippen LogP) is 4.17. The first-order valence-electron chi connectivity index (χ1n) is 8.30. The molecule has 1 aromatic carbocycles. The summed E-state index contributed by atoms with van der Waals surface area (Å²) in [6.45, 7) is 0.459. The number of unbranched alkanes of at least 4 members (excludes halogenated alkanes) is 3. The lowest BCUT2D eigenvalue weighted by molar-refractivity contribution is -0.124. The highest BCUT2D eigenvalue weighted by Gasteiger charge is 2.04. The highest BCUT2D eigenvalue weighted by atomic mass is 79.9. The smallest absolute Gasteiger partial charge is 0.220 e. The molecule has 0 aliphatic carbocycles. The van der Waals surface area contributed by atoms with Gasteiger partial charge in [0, 0.05) is 24.7 Å². The number of benzene rings is 1. The number of ether oxygens (including phenoxy) is 1. The molecule has 1 amide bonds. The number of ketones is 1. The van der Waals surface area contributed by atoms with E-state index in [0.717, 1.165) is 42.3 Å². The Morgan fingerprint density at radius 2 is 1.88 bits per heavy atom. The van der Waals surface area contributed by atoms with E-state index in [1.807, 2.05) is 30.3 Å². The Morgan fingerprint density at radius 3 is 2.54 bits per heavy atom. The Bertz CT molecular complexity index is 526. The summed E-state index contributed by atoms with van der Waals surface area (Å²) < 4.78 is 5.09. The lowest BCUT2D eigenvalue weighted by Crippen LogP contribution is -2.23. The molecular weight excluding hydrogens is 370 g/mol. The Labute approximate surface area is 152 Å². The second kappa shape index (κ2) is 12.8. The molecule has 5 heteroatoms. The average Bonchev–Trinajstić information content (AvgIpc) is 2.61. The SMILES string of the molecule is COc1ccc(CNC(=O)CCC(=O)/C=C/CCCCCBr)cc1. The summed E-state index contributed by atoms with van der Waals surface area (Å²) in [5, 5.41) is 3.85. The molecule has 0 unspecified atom stereocenters. The number of allylic oxidation sites excluding steroid dienone is 2. The lowest BCUT2D eigenvalue weighted by Gasteiger charge is -2.05. The van der Waals surface area contributed by atoms with E-state index in [2.05, 4.69) is 21.2 Å². The van der Waals surface area contributed by atoms with Gasteiger partial charge in [0.2, 0.25) is 5.91 Å². The fraction of sp³-hybridized carbons (Fsp3) is 0.474. The van der Waals surface area contributed by atoms with Crippen LogP contribution in [0, 0.1) is 0 Å². The molecule has 0 fully saturated rings. The van der Waals surface area contributed by atoms with Gasteiger partial charge in [-0.1, -0.05) is 40.6 Å². The van der Waals surface area contributed by atoms with E-state index < -0.39 is 0 Å². The first kappa shape index (κ1) is 20.4. The highest BCUT2D eigenvalue weighted by Crippen LogP contribution is 2.11. The van der Waals surface area contributed by atoms with Crippen LogP contribution in [0.15, 0.2) is 36.4 Å². The Kier molecular flexibility index (Phi) is 10.9. The second-order valence-corrected chi connectivity index (χ2v) is 6.32. The minimum Gasteiger partial charge on any atom is -0.497 e. The number of hydrogen-bond acceptors (Lipinski definition) is 3. The van der Waals surface area contributed by atoms with Gasteiger partial charge in [0.25, 0.3) is 0 Å². The van der Waals surface area contributed by atoms with Gasteiger partial charge in [-0.3, -0.25) is 9.59 Å². The molecular formula is C19H26BrNO3. The van der Waals surface area contributed by atoms with Crippen LogP contribution in [0.1, 0.15) is 44.1 Å². The fourth-order valence-corrected chi connectivity index (χ4v) is 2.50. The van der Waals surface area contributed by atoms with E-state index in [4.69, 9.17) is 4.74 Å². The average molecular weight is 396 g/mol. The van der Waals surface area contributed by atoms with Crippen molar-refractivity contribution in [2.45, 2.75) is 45.1 Å². The summed E-state index contributed by atoms with van der Waals surface area (Å²) in [4.78, 5) is 23.5. The molecule has 0 heterocycles. The third-order valence-corrected chi connectivity index (χ3v) is 4.12. The van der Waals surface area contributed by atoms with Crippen molar-refractivity contribution >= 4 is 27.6 Å². The minimum absolute atomic E-state index is 0.00934. The molecule has 0 spiro atoms. The van der Waals surface area contributed by atoms with Crippen LogP contribution in [0.5, 0.6) is 5.75 Å². The third-order valence-electron chi connectivity index (χ3n) is 3.56. The summed E-state index contributed by atoms with van der Waals surface area (Å²) in [5.41, 5.74) is 0.999. The molecule has 0 radical (unpaired) electrons.